The standard InChI is InChI=1S/C44H66F2N2O2/c1-30(2)34-16-22-43(29-47-25-28-48-26-23-44(45,46)24-27-48)21-15-31(3)41(6)20-18-37-40(4,5)35(32-11-13-33(14-12-32)39(49)50)17-19-42(37,7)38(41)10-8-9-36(34)43/h11-14,17,31,34,36-38,47H,1,8-10,15-16,18-29H2,2-7H3,(H,49,50). The van der Waals surface area contributed by atoms with Crippen LogP contribution in [0.5, 0.6) is 0 Å². The first-order valence-electron chi connectivity index (χ1n) is 20.0. The summed E-state index contributed by atoms with van der Waals surface area (Å²) in [6, 6.07) is 7.57. The van der Waals surface area contributed by atoms with E-state index in [0.29, 0.717) is 53.7 Å². The van der Waals surface area contributed by atoms with Crippen LogP contribution in [-0.4, -0.2) is 54.6 Å². The molecule has 2 N–H and O–H groups in total. The van der Waals surface area contributed by atoms with Crippen LogP contribution in [0.25, 0.3) is 5.57 Å². The van der Waals surface area contributed by atoms with E-state index in [2.05, 4.69) is 64.4 Å². The number of likely N-dealkylation sites (tertiary alicyclic amines) is 1. The average molecular weight is 693 g/mol. The molecule has 0 aromatic heterocycles. The summed E-state index contributed by atoms with van der Waals surface area (Å²) >= 11 is 0. The molecule has 1 aliphatic heterocycles. The molecule has 4 fully saturated rings. The topological polar surface area (TPSA) is 52.6 Å². The maximum absolute atomic E-state index is 13.7. The monoisotopic (exact) mass is 693 g/mol. The summed E-state index contributed by atoms with van der Waals surface area (Å²) < 4.78 is 27.5. The quantitative estimate of drug-likeness (QED) is 0.210. The smallest absolute Gasteiger partial charge is 0.335 e. The summed E-state index contributed by atoms with van der Waals surface area (Å²) in [5.74, 6) is -0.258. The van der Waals surface area contributed by atoms with Gasteiger partial charge in [-0.25, -0.2) is 13.6 Å². The van der Waals surface area contributed by atoms with Crippen LogP contribution in [0.1, 0.15) is 135 Å². The highest BCUT2D eigenvalue weighted by Gasteiger charge is 2.60. The van der Waals surface area contributed by atoms with Crippen LogP contribution in [0, 0.1) is 51.2 Å². The van der Waals surface area contributed by atoms with E-state index in [9.17, 15) is 18.7 Å². The van der Waals surface area contributed by atoms with Gasteiger partial charge in [-0.15, -0.1) is 0 Å². The summed E-state index contributed by atoms with van der Waals surface area (Å²) in [6.07, 6.45) is 15.0. The molecule has 8 unspecified atom stereocenters. The molecule has 1 aromatic carbocycles. The first-order valence-corrected chi connectivity index (χ1v) is 20.0. The van der Waals surface area contributed by atoms with Crippen LogP contribution in [0.4, 0.5) is 8.78 Å². The van der Waals surface area contributed by atoms with Crippen LogP contribution in [-0.2, 0) is 0 Å². The first kappa shape index (κ1) is 37.7. The minimum absolute atomic E-state index is 0.00399. The Morgan fingerprint density at radius 2 is 1.60 bits per heavy atom. The van der Waals surface area contributed by atoms with Crippen molar-refractivity contribution in [3.8, 4) is 0 Å². The second-order valence-corrected chi connectivity index (χ2v) is 18.8. The van der Waals surface area contributed by atoms with Crippen molar-refractivity contribution in [2.45, 2.75) is 125 Å². The number of fused-ring (bicyclic) bond motifs is 4. The molecular formula is C44H66F2N2O2. The third kappa shape index (κ3) is 6.91. The van der Waals surface area contributed by atoms with Gasteiger partial charge in [-0.05, 0) is 139 Å². The Morgan fingerprint density at radius 1 is 0.920 bits per heavy atom. The number of nitrogens with zero attached hydrogens (tertiary/aromatic N) is 1. The van der Waals surface area contributed by atoms with E-state index in [0.717, 1.165) is 26.1 Å². The minimum Gasteiger partial charge on any atom is -0.478 e. The Labute approximate surface area is 301 Å². The van der Waals surface area contributed by atoms with E-state index in [1.54, 1.807) is 12.1 Å². The van der Waals surface area contributed by atoms with E-state index in [1.807, 2.05) is 12.1 Å². The van der Waals surface area contributed by atoms with Crippen molar-refractivity contribution in [1.29, 1.82) is 0 Å². The Hall–Kier alpha value is -2.05. The average Bonchev–Trinajstić information content (AvgIpc) is 3.42. The predicted octanol–water partition coefficient (Wildman–Crippen LogP) is 10.7. The van der Waals surface area contributed by atoms with Crippen molar-refractivity contribution in [3.05, 3.63) is 53.6 Å². The van der Waals surface area contributed by atoms with Gasteiger partial charge in [-0.1, -0.05) is 71.4 Å². The molecule has 4 aliphatic carbocycles. The lowest BCUT2D eigenvalue weighted by atomic mass is 9.40. The number of hydrogen-bond acceptors (Lipinski definition) is 3. The molecule has 6 rings (SSSR count). The number of piperidine rings is 1. The summed E-state index contributed by atoms with van der Waals surface area (Å²) in [5.41, 5.74) is 5.05. The number of hydrogen-bond donors (Lipinski definition) is 2. The van der Waals surface area contributed by atoms with Gasteiger partial charge in [-0.2, -0.15) is 0 Å². The van der Waals surface area contributed by atoms with Crippen LogP contribution < -0.4 is 5.32 Å². The number of carboxylic acids is 1. The number of halogens is 2. The number of benzene rings is 1. The molecule has 8 atom stereocenters. The number of rotatable bonds is 8. The first-order chi connectivity index (χ1) is 23.5. The van der Waals surface area contributed by atoms with Gasteiger partial charge in [0.05, 0.1) is 5.56 Å². The predicted molar refractivity (Wildman–Crippen MR) is 201 cm³/mol. The molecule has 0 spiro atoms. The molecule has 278 valence electrons. The zero-order valence-corrected chi connectivity index (χ0v) is 32.1. The third-order valence-corrected chi connectivity index (χ3v) is 15.9. The number of allylic oxidation sites excluding steroid dienone is 3. The van der Waals surface area contributed by atoms with E-state index < -0.39 is 11.9 Å². The summed E-state index contributed by atoms with van der Waals surface area (Å²) in [7, 11) is 0. The van der Waals surface area contributed by atoms with Crippen molar-refractivity contribution >= 4 is 11.5 Å². The van der Waals surface area contributed by atoms with E-state index in [4.69, 9.17) is 0 Å². The SMILES string of the molecule is C=C(C)C1CCC2(CNCCN3CCC(F)(F)CC3)CCC(C)C3(C)CCC4C(C)(C)C(c5ccc(C(=O)O)cc5)=CCC4(C)C3CCCC12. The summed E-state index contributed by atoms with van der Waals surface area (Å²) in [6.45, 7) is 23.3. The number of nitrogens with one attached hydrogen (secondary N) is 1. The van der Waals surface area contributed by atoms with E-state index in [-0.39, 0.29) is 29.1 Å². The van der Waals surface area contributed by atoms with E-state index in [1.165, 1.54) is 74.5 Å². The highest BCUT2D eigenvalue weighted by atomic mass is 19.3. The van der Waals surface area contributed by atoms with Gasteiger partial charge in [0.1, 0.15) is 0 Å². The molecule has 0 amide bonds. The summed E-state index contributed by atoms with van der Waals surface area (Å²) in [5, 5.41) is 13.4. The lowest BCUT2D eigenvalue weighted by molar-refractivity contribution is -0.121. The highest BCUT2D eigenvalue weighted by molar-refractivity contribution is 5.88. The molecule has 1 heterocycles. The Balaban J connectivity index is 1.21. The zero-order valence-electron chi connectivity index (χ0n) is 32.1. The molecule has 50 heavy (non-hydrogen) atoms. The van der Waals surface area contributed by atoms with Crippen LogP contribution in [0.15, 0.2) is 42.5 Å². The lowest BCUT2D eigenvalue weighted by Crippen LogP contribution is -2.56. The number of alkyl halides is 2. The van der Waals surface area contributed by atoms with Gasteiger partial charge in [0.2, 0.25) is 0 Å². The normalized spacial score (nSPS) is 38.6. The maximum atomic E-state index is 13.7. The van der Waals surface area contributed by atoms with E-state index >= 15 is 0 Å². The fraction of sp³-hybridized carbons (Fsp3) is 0.750. The molecule has 0 radical (unpaired) electrons. The Kier molecular flexibility index (Phi) is 10.6. The van der Waals surface area contributed by atoms with Gasteiger partial charge in [-0.3, -0.25) is 0 Å². The van der Waals surface area contributed by atoms with Gasteiger partial charge >= 0.3 is 5.97 Å². The maximum Gasteiger partial charge on any atom is 0.335 e. The van der Waals surface area contributed by atoms with Crippen molar-refractivity contribution in [1.82, 2.24) is 10.2 Å². The lowest BCUT2D eigenvalue weighted by Gasteiger charge is -2.64. The molecule has 4 nitrogen and oxygen atoms in total. The fourth-order valence-corrected chi connectivity index (χ4v) is 12.8. The molecular weight excluding hydrogens is 626 g/mol. The number of carboxylic acid groups (broad SMARTS) is 1. The molecule has 0 bridgehead atoms. The van der Waals surface area contributed by atoms with Crippen molar-refractivity contribution in [2.24, 2.45) is 51.2 Å². The van der Waals surface area contributed by atoms with Gasteiger partial charge < -0.3 is 15.3 Å². The second kappa shape index (κ2) is 14.1. The molecule has 1 aromatic rings. The summed E-state index contributed by atoms with van der Waals surface area (Å²) in [4.78, 5) is 13.8. The Morgan fingerprint density at radius 3 is 2.26 bits per heavy atom. The molecule has 5 aliphatic rings. The van der Waals surface area contributed by atoms with Crippen molar-refractivity contribution in [3.63, 3.8) is 0 Å². The molecule has 6 heteroatoms. The fourth-order valence-electron chi connectivity index (χ4n) is 12.8. The second-order valence-electron chi connectivity index (χ2n) is 18.8. The van der Waals surface area contributed by atoms with Gasteiger partial charge in [0.25, 0.3) is 5.92 Å². The van der Waals surface area contributed by atoms with Crippen LogP contribution in [0.2, 0.25) is 0 Å². The number of aromatic carboxylic acids is 1. The van der Waals surface area contributed by atoms with Crippen LogP contribution in [0.3, 0.4) is 0 Å². The van der Waals surface area contributed by atoms with Crippen molar-refractivity contribution in [2.75, 3.05) is 32.7 Å². The van der Waals surface area contributed by atoms with Gasteiger partial charge in [0, 0.05) is 45.6 Å². The largest absolute Gasteiger partial charge is 0.478 e. The molecule has 1 saturated heterocycles. The Bertz CT molecular complexity index is 1430. The zero-order chi connectivity index (χ0) is 36.1. The van der Waals surface area contributed by atoms with Crippen LogP contribution >= 0.6 is 0 Å². The number of carbonyl (C=O) groups is 1. The van der Waals surface area contributed by atoms with Crippen molar-refractivity contribution < 1.29 is 18.7 Å². The molecule has 3 saturated carbocycles. The highest BCUT2D eigenvalue weighted by Crippen LogP contribution is 2.69. The minimum atomic E-state index is -2.48. The van der Waals surface area contributed by atoms with Gasteiger partial charge in [0.15, 0.2) is 0 Å². The third-order valence-electron chi connectivity index (χ3n) is 15.9.